The summed E-state index contributed by atoms with van der Waals surface area (Å²) in [6.07, 6.45) is 2.30. The second-order valence-electron chi connectivity index (χ2n) is 5.77. The largest absolute Gasteiger partial charge is 0.358 e. The van der Waals surface area contributed by atoms with E-state index >= 15 is 0 Å². The number of aromatic amines is 1. The fourth-order valence-electron chi connectivity index (χ4n) is 3.18. The predicted molar refractivity (Wildman–Crippen MR) is 93.8 cm³/mol. The molecule has 1 unspecified atom stereocenters. The van der Waals surface area contributed by atoms with Crippen LogP contribution in [-0.4, -0.2) is 19.4 Å². The molecule has 4 rings (SSSR count). The van der Waals surface area contributed by atoms with E-state index in [0.29, 0.717) is 15.7 Å². The van der Waals surface area contributed by atoms with Crippen LogP contribution in [0.25, 0.3) is 10.9 Å². The van der Waals surface area contributed by atoms with Gasteiger partial charge in [0.05, 0.1) is 0 Å². The van der Waals surface area contributed by atoms with Crippen molar-refractivity contribution in [3.05, 3.63) is 52.0 Å². The van der Waals surface area contributed by atoms with Crippen LogP contribution in [-0.2, 0) is 22.9 Å². The number of sulfonamides is 1. The lowest BCUT2D eigenvalue weighted by atomic mass is 9.92. The number of aryl methyl sites for hydroxylation is 1. The van der Waals surface area contributed by atoms with Gasteiger partial charge in [-0.15, -0.1) is 11.3 Å². The number of fused-ring (bicyclic) bond motifs is 3. The minimum atomic E-state index is -3.43. The highest BCUT2D eigenvalue weighted by atomic mass is 35.5. The van der Waals surface area contributed by atoms with Crippen LogP contribution >= 0.6 is 22.9 Å². The molecule has 23 heavy (non-hydrogen) atoms. The molecule has 1 aromatic carbocycles. The Morgan fingerprint density at radius 3 is 2.96 bits per heavy atom. The fourth-order valence-corrected chi connectivity index (χ4v) is 5.64. The number of benzene rings is 1. The van der Waals surface area contributed by atoms with Crippen LogP contribution in [0.2, 0.25) is 5.02 Å². The van der Waals surface area contributed by atoms with Crippen LogP contribution in [0.4, 0.5) is 0 Å². The molecule has 2 heterocycles. The van der Waals surface area contributed by atoms with Crippen molar-refractivity contribution in [1.82, 2.24) is 9.71 Å². The fraction of sp³-hybridized carbons (Fsp3) is 0.250. The Kier molecular flexibility index (Phi) is 3.72. The number of halogens is 1. The standard InChI is InChI=1S/C16H15ClN2O2S2/c17-10-3-5-14-12(8-10)13-9-11(4-6-15(13)18-14)19-23(20,21)16-2-1-7-22-16/h1-3,5,7-8,11,18-19H,4,6,9H2. The van der Waals surface area contributed by atoms with Crippen molar-refractivity contribution in [2.24, 2.45) is 0 Å². The van der Waals surface area contributed by atoms with E-state index in [2.05, 4.69) is 9.71 Å². The normalized spacial score (nSPS) is 18.2. The number of hydrogen-bond donors (Lipinski definition) is 2. The third-order valence-electron chi connectivity index (χ3n) is 4.23. The van der Waals surface area contributed by atoms with Crippen LogP contribution < -0.4 is 4.72 Å². The van der Waals surface area contributed by atoms with E-state index in [1.807, 2.05) is 18.2 Å². The Morgan fingerprint density at radius 1 is 1.30 bits per heavy atom. The zero-order valence-corrected chi connectivity index (χ0v) is 14.6. The summed E-state index contributed by atoms with van der Waals surface area (Å²) in [4.78, 5) is 3.42. The number of H-pyrrole nitrogens is 1. The summed E-state index contributed by atoms with van der Waals surface area (Å²) in [6, 6.07) is 9.08. The van der Waals surface area contributed by atoms with E-state index in [1.165, 1.54) is 22.6 Å². The average molecular weight is 367 g/mol. The number of rotatable bonds is 3. The highest BCUT2D eigenvalue weighted by Crippen LogP contribution is 2.31. The molecular formula is C16H15ClN2O2S2. The van der Waals surface area contributed by atoms with Gasteiger partial charge >= 0.3 is 0 Å². The molecule has 3 aromatic rings. The topological polar surface area (TPSA) is 62.0 Å². The summed E-state index contributed by atoms with van der Waals surface area (Å²) < 4.78 is 28.0. The van der Waals surface area contributed by atoms with Gasteiger partial charge in [-0.05, 0) is 54.5 Å². The Balaban J connectivity index is 1.64. The van der Waals surface area contributed by atoms with Crippen molar-refractivity contribution in [2.45, 2.75) is 29.5 Å². The van der Waals surface area contributed by atoms with Crippen molar-refractivity contribution >= 4 is 43.9 Å². The monoisotopic (exact) mass is 366 g/mol. The molecule has 0 radical (unpaired) electrons. The number of nitrogens with one attached hydrogen (secondary N) is 2. The molecule has 0 saturated carbocycles. The van der Waals surface area contributed by atoms with Gasteiger partial charge in [-0.1, -0.05) is 17.7 Å². The number of hydrogen-bond acceptors (Lipinski definition) is 3. The Hall–Kier alpha value is -1.34. The van der Waals surface area contributed by atoms with Gasteiger partial charge in [-0.2, -0.15) is 0 Å². The first kappa shape index (κ1) is 15.2. The Bertz CT molecular complexity index is 962. The van der Waals surface area contributed by atoms with Crippen molar-refractivity contribution in [1.29, 1.82) is 0 Å². The van der Waals surface area contributed by atoms with E-state index < -0.39 is 10.0 Å². The summed E-state index contributed by atoms with van der Waals surface area (Å²) in [5.41, 5.74) is 3.42. The zero-order valence-electron chi connectivity index (χ0n) is 12.2. The first-order valence-corrected chi connectivity index (χ1v) is 10.1. The summed E-state index contributed by atoms with van der Waals surface area (Å²) in [5, 5.41) is 3.56. The second kappa shape index (κ2) is 5.63. The van der Waals surface area contributed by atoms with Gasteiger partial charge in [0.25, 0.3) is 0 Å². The predicted octanol–water partition coefficient (Wildman–Crippen LogP) is 3.72. The molecule has 0 fully saturated rings. The van der Waals surface area contributed by atoms with Gasteiger partial charge in [-0.3, -0.25) is 0 Å². The molecule has 4 nitrogen and oxygen atoms in total. The van der Waals surface area contributed by atoms with E-state index in [9.17, 15) is 8.42 Å². The smallest absolute Gasteiger partial charge is 0.250 e. The maximum Gasteiger partial charge on any atom is 0.250 e. The van der Waals surface area contributed by atoms with E-state index in [0.717, 1.165) is 23.7 Å². The number of thiophene rings is 1. The molecule has 1 aliphatic rings. The molecule has 0 bridgehead atoms. The average Bonchev–Trinajstić information content (AvgIpc) is 3.15. The van der Waals surface area contributed by atoms with Crippen molar-refractivity contribution in [3.63, 3.8) is 0 Å². The van der Waals surface area contributed by atoms with Gasteiger partial charge in [0.15, 0.2) is 0 Å². The second-order valence-corrected chi connectivity index (χ2v) is 9.09. The van der Waals surface area contributed by atoms with Crippen LogP contribution in [0.5, 0.6) is 0 Å². The van der Waals surface area contributed by atoms with Gasteiger partial charge in [0, 0.05) is 27.7 Å². The molecule has 2 aromatic heterocycles. The molecule has 7 heteroatoms. The van der Waals surface area contributed by atoms with Gasteiger partial charge < -0.3 is 4.98 Å². The number of aromatic nitrogens is 1. The van der Waals surface area contributed by atoms with Crippen LogP contribution in [0.3, 0.4) is 0 Å². The molecule has 1 aliphatic carbocycles. The first-order valence-electron chi connectivity index (χ1n) is 7.38. The van der Waals surface area contributed by atoms with Crippen LogP contribution in [0.15, 0.2) is 39.9 Å². The molecular weight excluding hydrogens is 352 g/mol. The molecule has 0 amide bonds. The van der Waals surface area contributed by atoms with Crippen molar-refractivity contribution in [3.8, 4) is 0 Å². The lowest BCUT2D eigenvalue weighted by Gasteiger charge is -2.23. The van der Waals surface area contributed by atoms with E-state index in [1.54, 1.807) is 17.5 Å². The third kappa shape index (κ3) is 2.80. The highest BCUT2D eigenvalue weighted by molar-refractivity contribution is 7.91. The maximum absolute atomic E-state index is 12.4. The Labute approximate surface area is 143 Å². The quantitative estimate of drug-likeness (QED) is 0.742. The van der Waals surface area contributed by atoms with Crippen LogP contribution in [0.1, 0.15) is 17.7 Å². The van der Waals surface area contributed by atoms with E-state index in [-0.39, 0.29) is 6.04 Å². The molecule has 1 atom stereocenters. The summed E-state index contributed by atoms with van der Waals surface area (Å²) >= 11 is 7.34. The highest BCUT2D eigenvalue weighted by Gasteiger charge is 2.27. The minimum Gasteiger partial charge on any atom is -0.358 e. The van der Waals surface area contributed by atoms with Crippen molar-refractivity contribution in [2.75, 3.05) is 0 Å². The molecule has 0 spiro atoms. The third-order valence-corrected chi connectivity index (χ3v) is 7.38. The van der Waals surface area contributed by atoms with Crippen LogP contribution in [0, 0.1) is 0 Å². The SMILES string of the molecule is O=S(=O)(NC1CCc2[nH]c3ccc(Cl)cc3c2C1)c1cccs1. The van der Waals surface area contributed by atoms with Gasteiger partial charge in [-0.25, -0.2) is 13.1 Å². The Morgan fingerprint density at radius 2 is 2.17 bits per heavy atom. The van der Waals surface area contributed by atoms with Gasteiger partial charge in [0.2, 0.25) is 10.0 Å². The van der Waals surface area contributed by atoms with Crippen molar-refractivity contribution < 1.29 is 8.42 Å². The molecule has 120 valence electrons. The molecule has 2 N–H and O–H groups in total. The molecule has 0 aliphatic heterocycles. The summed E-state index contributed by atoms with van der Waals surface area (Å²) in [5.74, 6) is 0. The lowest BCUT2D eigenvalue weighted by Crippen LogP contribution is -2.38. The van der Waals surface area contributed by atoms with E-state index in [4.69, 9.17) is 11.6 Å². The maximum atomic E-state index is 12.4. The first-order chi connectivity index (χ1) is 11.0. The lowest BCUT2D eigenvalue weighted by molar-refractivity contribution is 0.507. The summed E-state index contributed by atoms with van der Waals surface area (Å²) in [7, 11) is -3.43. The minimum absolute atomic E-state index is 0.0902. The van der Waals surface area contributed by atoms with Gasteiger partial charge in [0.1, 0.15) is 4.21 Å². The molecule has 0 saturated heterocycles. The summed E-state index contributed by atoms with van der Waals surface area (Å²) in [6.45, 7) is 0. The zero-order chi connectivity index (χ0) is 16.0.